The number of benzene rings is 2. The molecule has 7 nitrogen and oxygen atoms in total. The zero-order valence-electron chi connectivity index (χ0n) is 15.6. The van der Waals surface area contributed by atoms with Crippen molar-refractivity contribution in [2.24, 2.45) is 0 Å². The molecular formula is C22H14ClN2O5-. The highest BCUT2D eigenvalue weighted by atomic mass is 35.5. The van der Waals surface area contributed by atoms with Gasteiger partial charge in [-0.2, -0.15) is 5.26 Å². The van der Waals surface area contributed by atoms with E-state index < -0.39 is 11.9 Å². The Bertz CT molecular complexity index is 1170. The third kappa shape index (κ3) is 4.69. The number of carbonyl (C=O) groups excluding carboxylic acids is 2. The van der Waals surface area contributed by atoms with Crippen molar-refractivity contribution in [3.8, 4) is 23.1 Å². The number of carbonyl (C=O) groups is 2. The molecule has 0 radical (unpaired) electrons. The number of carboxylic acids is 1. The second-order valence-electron chi connectivity index (χ2n) is 6.04. The molecule has 30 heavy (non-hydrogen) atoms. The Morgan fingerprint density at radius 1 is 1.17 bits per heavy atom. The number of nitrogens with zero attached hydrogens (tertiary/aromatic N) is 1. The first-order chi connectivity index (χ1) is 14.4. The lowest BCUT2D eigenvalue weighted by molar-refractivity contribution is -0.255. The number of halogens is 1. The normalized spacial score (nSPS) is 10.9. The van der Waals surface area contributed by atoms with E-state index in [1.54, 1.807) is 36.4 Å². The van der Waals surface area contributed by atoms with Crippen LogP contribution in [0.4, 0.5) is 5.69 Å². The summed E-state index contributed by atoms with van der Waals surface area (Å²) in [5.74, 6) is -0.675. The Hall–Kier alpha value is -4.02. The van der Waals surface area contributed by atoms with Crippen molar-refractivity contribution >= 4 is 35.2 Å². The monoisotopic (exact) mass is 421 g/mol. The third-order valence-corrected chi connectivity index (χ3v) is 4.41. The molecule has 1 N–H and O–H groups in total. The van der Waals surface area contributed by atoms with E-state index >= 15 is 0 Å². The summed E-state index contributed by atoms with van der Waals surface area (Å²) in [6.45, 7) is 0. The van der Waals surface area contributed by atoms with E-state index in [4.69, 9.17) is 20.8 Å². The lowest BCUT2D eigenvalue weighted by atomic mass is 10.1. The third-order valence-electron chi connectivity index (χ3n) is 4.10. The molecular weight excluding hydrogens is 408 g/mol. The summed E-state index contributed by atoms with van der Waals surface area (Å²) in [6.07, 6.45) is 1.31. The molecule has 0 aliphatic heterocycles. The number of amides is 1. The Morgan fingerprint density at radius 2 is 1.90 bits per heavy atom. The van der Waals surface area contributed by atoms with Crippen LogP contribution in [0.25, 0.3) is 17.4 Å². The molecule has 0 saturated heterocycles. The smallest absolute Gasteiger partial charge is 0.266 e. The Balaban J connectivity index is 1.79. The molecule has 0 atom stereocenters. The lowest BCUT2D eigenvalue weighted by Crippen LogP contribution is -2.22. The number of nitrogens with one attached hydrogen (secondary N) is 1. The average Bonchev–Trinajstić information content (AvgIpc) is 3.20. The Labute approximate surface area is 176 Å². The van der Waals surface area contributed by atoms with Gasteiger partial charge in [-0.05, 0) is 42.5 Å². The van der Waals surface area contributed by atoms with Gasteiger partial charge >= 0.3 is 0 Å². The van der Waals surface area contributed by atoms with Crippen LogP contribution in [0.15, 0.2) is 64.6 Å². The fourth-order valence-electron chi connectivity index (χ4n) is 2.58. The first-order valence-corrected chi connectivity index (χ1v) is 8.97. The van der Waals surface area contributed by atoms with Gasteiger partial charge in [0, 0.05) is 22.9 Å². The highest BCUT2D eigenvalue weighted by Gasteiger charge is 2.12. The first kappa shape index (κ1) is 20.7. The fraction of sp³-hybridized carbons (Fsp3) is 0.0455. The number of hydrogen-bond donors (Lipinski definition) is 1. The number of anilines is 1. The molecule has 0 unspecified atom stereocenters. The molecule has 0 spiro atoms. The van der Waals surface area contributed by atoms with Crippen LogP contribution in [0, 0.1) is 11.3 Å². The highest BCUT2D eigenvalue weighted by Crippen LogP contribution is 2.28. The maximum atomic E-state index is 12.4. The van der Waals surface area contributed by atoms with Crippen molar-refractivity contribution < 1.29 is 23.8 Å². The van der Waals surface area contributed by atoms with Crippen LogP contribution < -0.4 is 15.2 Å². The molecule has 150 valence electrons. The van der Waals surface area contributed by atoms with Gasteiger partial charge < -0.3 is 24.4 Å². The number of nitriles is 1. The summed E-state index contributed by atoms with van der Waals surface area (Å²) in [4.78, 5) is 23.3. The second kappa shape index (κ2) is 8.99. The predicted molar refractivity (Wildman–Crippen MR) is 109 cm³/mol. The number of hydrogen-bond acceptors (Lipinski definition) is 6. The van der Waals surface area contributed by atoms with Crippen LogP contribution in [0.2, 0.25) is 5.02 Å². The zero-order chi connectivity index (χ0) is 21.7. The maximum Gasteiger partial charge on any atom is 0.266 e. The SMILES string of the molecule is COc1ccc(NC(=O)/C(C#N)=C\c2ccc(-c3ccc(C(=O)[O-])c(Cl)c3)o2)cc1. The topological polar surface area (TPSA) is 115 Å². The van der Waals surface area contributed by atoms with Crippen LogP contribution in [0.5, 0.6) is 5.75 Å². The van der Waals surface area contributed by atoms with Gasteiger partial charge in [-0.3, -0.25) is 4.79 Å². The highest BCUT2D eigenvalue weighted by molar-refractivity contribution is 6.33. The molecule has 3 aromatic rings. The summed E-state index contributed by atoms with van der Waals surface area (Å²) in [7, 11) is 1.54. The van der Waals surface area contributed by atoms with Crippen LogP contribution >= 0.6 is 11.6 Å². The molecule has 8 heteroatoms. The van der Waals surface area contributed by atoms with E-state index in [9.17, 15) is 20.0 Å². The van der Waals surface area contributed by atoms with E-state index in [-0.39, 0.29) is 21.9 Å². The number of ether oxygens (including phenoxy) is 1. The van der Waals surface area contributed by atoms with Gasteiger partial charge in [-0.25, -0.2) is 0 Å². The molecule has 0 aliphatic rings. The molecule has 0 fully saturated rings. The summed E-state index contributed by atoms with van der Waals surface area (Å²) < 4.78 is 10.7. The van der Waals surface area contributed by atoms with E-state index in [0.717, 1.165) is 0 Å². The number of rotatable bonds is 6. The summed E-state index contributed by atoms with van der Waals surface area (Å²) in [5, 5.41) is 22.9. The summed E-state index contributed by atoms with van der Waals surface area (Å²) in [5.41, 5.74) is 0.752. The van der Waals surface area contributed by atoms with Crippen molar-refractivity contribution in [1.29, 1.82) is 5.26 Å². The minimum Gasteiger partial charge on any atom is -0.545 e. The molecule has 2 aromatic carbocycles. The summed E-state index contributed by atoms with van der Waals surface area (Å²) in [6, 6.07) is 16.0. The molecule has 1 aromatic heterocycles. The van der Waals surface area contributed by atoms with Crippen LogP contribution in [-0.2, 0) is 4.79 Å². The molecule has 0 aliphatic carbocycles. The zero-order valence-corrected chi connectivity index (χ0v) is 16.4. The van der Waals surface area contributed by atoms with Crippen molar-refractivity contribution in [2.75, 3.05) is 12.4 Å². The van der Waals surface area contributed by atoms with Crippen molar-refractivity contribution in [3.05, 3.63) is 76.5 Å². The molecule has 1 heterocycles. The number of methoxy groups -OCH3 is 1. The van der Waals surface area contributed by atoms with Gasteiger partial charge in [0.05, 0.1) is 18.1 Å². The fourth-order valence-corrected chi connectivity index (χ4v) is 2.84. The summed E-state index contributed by atoms with van der Waals surface area (Å²) >= 11 is 5.95. The van der Waals surface area contributed by atoms with Crippen LogP contribution in [-0.4, -0.2) is 19.0 Å². The van der Waals surface area contributed by atoms with Crippen molar-refractivity contribution in [2.45, 2.75) is 0 Å². The molecule has 0 bridgehead atoms. The average molecular weight is 422 g/mol. The van der Waals surface area contributed by atoms with E-state index in [1.807, 2.05) is 6.07 Å². The lowest BCUT2D eigenvalue weighted by Gasteiger charge is -2.06. The van der Waals surface area contributed by atoms with E-state index in [0.29, 0.717) is 22.8 Å². The standard InChI is InChI=1S/C22H15ClN2O5/c1-29-16-5-3-15(4-6-16)25-21(26)14(12-24)10-17-7-9-20(30-17)13-2-8-18(22(27)28)19(23)11-13/h2-11H,1H3,(H,25,26)(H,27,28)/p-1/b14-10-. The first-order valence-electron chi connectivity index (χ1n) is 8.59. The predicted octanol–water partition coefficient (Wildman–Crippen LogP) is 3.52. The second-order valence-corrected chi connectivity index (χ2v) is 6.44. The van der Waals surface area contributed by atoms with Gasteiger partial charge in [0.15, 0.2) is 0 Å². The van der Waals surface area contributed by atoms with Gasteiger partial charge in [0.1, 0.15) is 28.9 Å². The number of aromatic carboxylic acids is 1. The van der Waals surface area contributed by atoms with Gasteiger partial charge in [-0.15, -0.1) is 0 Å². The Morgan fingerprint density at radius 3 is 2.50 bits per heavy atom. The van der Waals surface area contributed by atoms with Crippen LogP contribution in [0.1, 0.15) is 16.1 Å². The molecule has 3 rings (SSSR count). The van der Waals surface area contributed by atoms with Crippen molar-refractivity contribution in [3.63, 3.8) is 0 Å². The van der Waals surface area contributed by atoms with E-state index in [2.05, 4.69) is 5.32 Å². The Kier molecular flexibility index (Phi) is 6.20. The van der Waals surface area contributed by atoms with Crippen molar-refractivity contribution in [1.82, 2.24) is 0 Å². The largest absolute Gasteiger partial charge is 0.545 e. The number of carboxylic acid groups (broad SMARTS) is 1. The van der Waals surface area contributed by atoms with Gasteiger partial charge in [0.2, 0.25) is 0 Å². The van der Waals surface area contributed by atoms with Crippen LogP contribution in [0.3, 0.4) is 0 Å². The van der Waals surface area contributed by atoms with Gasteiger partial charge in [0.25, 0.3) is 5.91 Å². The quantitative estimate of drug-likeness (QED) is 0.481. The molecule has 1 amide bonds. The minimum absolute atomic E-state index is 0.0116. The number of furan rings is 1. The molecule has 0 saturated carbocycles. The van der Waals surface area contributed by atoms with E-state index in [1.165, 1.54) is 31.4 Å². The van der Waals surface area contributed by atoms with Gasteiger partial charge in [-0.1, -0.05) is 23.7 Å². The minimum atomic E-state index is -1.38. The maximum absolute atomic E-state index is 12.4.